The molecule has 4 nitrogen and oxygen atoms in total. The topological polar surface area (TPSA) is 62.1 Å². The molecule has 0 bridgehead atoms. The fourth-order valence-electron chi connectivity index (χ4n) is 2.81. The van der Waals surface area contributed by atoms with E-state index in [4.69, 9.17) is 4.74 Å². The van der Waals surface area contributed by atoms with Crippen LogP contribution in [0.3, 0.4) is 0 Å². The number of hydrogen-bond acceptors (Lipinski definition) is 3. The molecule has 0 aliphatic carbocycles. The van der Waals surface area contributed by atoms with E-state index in [0.717, 1.165) is 5.56 Å². The van der Waals surface area contributed by atoms with E-state index in [1.807, 2.05) is 36.4 Å². The molecule has 3 aromatic carbocycles. The number of amides is 1. The van der Waals surface area contributed by atoms with E-state index < -0.39 is 5.91 Å². The first-order valence-corrected chi connectivity index (χ1v) is 9.56. The highest BCUT2D eigenvalue weighted by atomic mass is 19.1. The van der Waals surface area contributed by atoms with E-state index in [0.29, 0.717) is 29.8 Å². The van der Waals surface area contributed by atoms with Crippen molar-refractivity contribution in [3.05, 3.63) is 107 Å². The van der Waals surface area contributed by atoms with Crippen molar-refractivity contribution in [1.29, 1.82) is 5.26 Å². The minimum Gasteiger partial charge on any atom is -0.489 e. The number of rotatable bonds is 8. The van der Waals surface area contributed by atoms with E-state index in [2.05, 4.69) is 5.32 Å². The van der Waals surface area contributed by atoms with Gasteiger partial charge in [0.05, 0.1) is 0 Å². The van der Waals surface area contributed by atoms with Gasteiger partial charge in [0.1, 0.15) is 29.8 Å². The molecule has 0 radical (unpaired) electrons. The molecule has 0 atom stereocenters. The lowest BCUT2D eigenvalue weighted by atomic mass is 10.1. The number of nitrogens with one attached hydrogen (secondary N) is 1. The second kappa shape index (κ2) is 10.6. The number of benzene rings is 3. The van der Waals surface area contributed by atoms with Crippen molar-refractivity contribution in [3.8, 4) is 11.8 Å². The first-order valence-electron chi connectivity index (χ1n) is 9.56. The van der Waals surface area contributed by atoms with Gasteiger partial charge in [0, 0.05) is 12.1 Å². The minimum atomic E-state index is -0.409. The molecule has 0 saturated heterocycles. The number of halogens is 1. The van der Waals surface area contributed by atoms with Gasteiger partial charge in [0.25, 0.3) is 5.91 Å². The van der Waals surface area contributed by atoms with Gasteiger partial charge in [-0.25, -0.2) is 4.39 Å². The predicted molar refractivity (Wildman–Crippen MR) is 114 cm³/mol. The van der Waals surface area contributed by atoms with Crippen LogP contribution in [0.2, 0.25) is 0 Å². The van der Waals surface area contributed by atoms with Crippen LogP contribution >= 0.6 is 0 Å². The Morgan fingerprint density at radius 3 is 2.40 bits per heavy atom. The maximum absolute atomic E-state index is 13.6. The smallest absolute Gasteiger partial charge is 0.261 e. The van der Waals surface area contributed by atoms with Crippen LogP contribution in [-0.4, -0.2) is 12.5 Å². The van der Waals surface area contributed by atoms with Gasteiger partial charge in [-0.2, -0.15) is 5.26 Å². The Hall–Kier alpha value is -3.91. The Morgan fingerprint density at radius 1 is 1.00 bits per heavy atom. The van der Waals surface area contributed by atoms with E-state index in [1.54, 1.807) is 42.5 Å². The van der Waals surface area contributed by atoms with Crippen molar-refractivity contribution in [2.45, 2.75) is 13.0 Å². The first kappa shape index (κ1) is 20.8. The molecule has 30 heavy (non-hydrogen) atoms. The van der Waals surface area contributed by atoms with Gasteiger partial charge in [-0.1, -0.05) is 60.7 Å². The highest BCUT2D eigenvalue weighted by molar-refractivity contribution is 6.01. The number of carbonyl (C=O) groups excluding carboxylic acids is 1. The highest BCUT2D eigenvalue weighted by Gasteiger charge is 2.09. The average Bonchev–Trinajstić information content (AvgIpc) is 2.78. The average molecular weight is 400 g/mol. The molecule has 1 amide bonds. The quantitative estimate of drug-likeness (QED) is 0.441. The lowest BCUT2D eigenvalue weighted by molar-refractivity contribution is -0.117. The lowest BCUT2D eigenvalue weighted by Crippen LogP contribution is -2.26. The third kappa shape index (κ3) is 6.05. The molecule has 0 unspecified atom stereocenters. The number of ether oxygens (including phenoxy) is 1. The number of hydrogen-bond donors (Lipinski definition) is 1. The zero-order valence-electron chi connectivity index (χ0n) is 16.3. The molecular weight excluding hydrogens is 379 g/mol. The molecule has 0 aliphatic rings. The third-order valence-corrected chi connectivity index (χ3v) is 4.45. The van der Waals surface area contributed by atoms with Gasteiger partial charge in [0.2, 0.25) is 0 Å². The summed E-state index contributed by atoms with van der Waals surface area (Å²) in [6.45, 7) is 0.569. The van der Waals surface area contributed by atoms with E-state index >= 15 is 0 Å². The lowest BCUT2D eigenvalue weighted by Gasteiger charge is -2.07. The summed E-state index contributed by atoms with van der Waals surface area (Å²) in [4.78, 5) is 12.3. The van der Waals surface area contributed by atoms with E-state index in [1.165, 1.54) is 12.1 Å². The SMILES string of the molecule is N#C/C(=C\c1ccc(OCc2ccccc2F)cc1)C(=O)NCCc1ccccc1. The van der Waals surface area contributed by atoms with E-state index in [-0.39, 0.29) is 18.0 Å². The summed E-state index contributed by atoms with van der Waals surface area (Å²) in [6, 6.07) is 25.1. The molecule has 0 aromatic heterocycles. The van der Waals surface area contributed by atoms with E-state index in [9.17, 15) is 14.4 Å². The van der Waals surface area contributed by atoms with Crippen LogP contribution in [0.4, 0.5) is 4.39 Å². The molecule has 0 spiro atoms. The number of carbonyl (C=O) groups is 1. The maximum Gasteiger partial charge on any atom is 0.261 e. The molecule has 0 fully saturated rings. The van der Waals surface area contributed by atoms with Crippen molar-refractivity contribution in [3.63, 3.8) is 0 Å². The molecule has 3 rings (SSSR count). The molecule has 0 heterocycles. The monoisotopic (exact) mass is 400 g/mol. The molecule has 150 valence electrons. The molecular formula is C25H21FN2O2. The second-order valence-corrected chi connectivity index (χ2v) is 6.61. The molecule has 5 heteroatoms. The predicted octanol–water partition coefficient (Wildman–Crippen LogP) is 4.67. The number of nitriles is 1. The Labute approximate surface area is 175 Å². The molecule has 0 saturated carbocycles. The van der Waals surface area contributed by atoms with Gasteiger partial charge in [-0.3, -0.25) is 4.79 Å². The Morgan fingerprint density at radius 2 is 1.70 bits per heavy atom. The largest absolute Gasteiger partial charge is 0.489 e. The van der Waals surface area contributed by atoms with Crippen LogP contribution in [0.1, 0.15) is 16.7 Å². The first-order chi connectivity index (χ1) is 14.7. The van der Waals surface area contributed by atoms with Crippen molar-refractivity contribution < 1.29 is 13.9 Å². The van der Waals surface area contributed by atoms with Gasteiger partial charge >= 0.3 is 0 Å². The summed E-state index contributed by atoms with van der Waals surface area (Å²) < 4.78 is 19.2. The standard InChI is InChI=1S/C25H21FN2O2/c26-24-9-5-4-8-21(24)18-30-23-12-10-20(11-13-23)16-22(17-27)25(29)28-15-14-19-6-2-1-3-7-19/h1-13,16H,14-15,18H2,(H,28,29)/b22-16+. The van der Waals surface area contributed by atoms with Gasteiger partial charge in [-0.05, 0) is 41.8 Å². The zero-order valence-corrected chi connectivity index (χ0v) is 16.3. The summed E-state index contributed by atoms with van der Waals surface area (Å²) in [6.07, 6.45) is 2.22. The number of nitrogens with zero attached hydrogens (tertiary/aromatic N) is 1. The second-order valence-electron chi connectivity index (χ2n) is 6.61. The van der Waals surface area contributed by atoms with Crippen LogP contribution < -0.4 is 10.1 Å². The van der Waals surface area contributed by atoms with Gasteiger partial charge in [0.15, 0.2) is 0 Å². The third-order valence-electron chi connectivity index (χ3n) is 4.45. The van der Waals surface area contributed by atoms with Crippen molar-refractivity contribution in [1.82, 2.24) is 5.32 Å². The summed E-state index contributed by atoms with van der Waals surface area (Å²) in [5, 5.41) is 12.1. The zero-order chi connectivity index (χ0) is 21.2. The Balaban J connectivity index is 1.55. The van der Waals surface area contributed by atoms with Crippen LogP contribution in [-0.2, 0) is 17.8 Å². The molecule has 0 aliphatic heterocycles. The molecule has 1 N–H and O–H groups in total. The normalized spacial score (nSPS) is 10.9. The maximum atomic E-state index is 13.6. The van der Waals surface area contributed by atoms with Gasteiger partial charge in [-0.15, -0.1) is 0 Å². The fourth-order valence-corrected chi connectivity index (χ4v) is 2.81. The van der Waals surface area contributed by atoms with Crippen LogP contribution in [0.15, 0.2) is 84.4 Å². The van der Waals surface area contributed by atoms with Gasteiger partial charge < -0.3 is 10.1 Å². The van der Waals surface area contributed by atoms with Crippen LogP contribution in [0.25, 0.3) is 6.08 Å². The molecule has 3 aromatic rings. The summed E-state index contributed by atoms with van der Waals surface area (Å²) in [5.41, 5.74) is 2.32. The Kier molecular flexibility index (Phi) is 7.34. The highest BCUT2D eigenvalue weighted by Crippen LogP contribution is 2.17. The van der Waals surface area contributed by atoms with Crippen molar-refractivity contribution in [2.24, 2.45) is 0 Å². The summed E-state index contributed by atoms with van der Waals surface area (Å²) in [5.74, 6) is -0.150. The minimum absolute atomic E-state index is 0.0306. The fraction of sp³-hybridized carbons (Fsp3) is 0.120. The van der Waals surface area contributed by atoms with Crippen LogP contribution in [0.5, 0.6) is 5.75 Å². The Bertz CT molecular complexity index is 1050. The van der Waals surface area contributed by atoms with Crippen molar-refractivity contribution in [2.75, 3.05) is 6.54 Å². The summed E-state index contributed by atoms with van der Waals surface area (Å²) in [7, 11) is 0. The van der Waals surface area contributed by atoms with Crippen molar-refractivity contribution >= 4 is 12.0 Å². The van der Waals surface area contributed by atoms with Crippen LogP contribution in [0, 0.1) is 17.1 Å². The summed E-state index contributed by atoms with van der Waals surface area (Å²) >= 11 is 0.